The second-order valence-electron chi connectivity index (χ2n) is 8.38. The summed E-state index contributed by atoms with van der Waals surface area (Å²) in [4.78, 5) is 7.31. The molecule has 2 nitrogen and oxygen atoms in total. The van der Waals surface area contributed by atoms with Gasteiger partial charge in [0.05, 0.1) is 0 Å². The fourth-order valence-electron chi connectivity index (χ4n) is 3.49. The second kappa shape index (κ2) is 8.82. The van der Waals surface area contributed by atoms with Crippen LogP contribution in [0.2, 0.25) is 0 Å². The van der Waals surface area contributed by atoms with Gasteiger partial charge in [-0.2, -0.15) is 0 Å². The van der Waals surface area contributed by atoms with Crippen molar-refractivity contribution in [2.24, 2.45) is 11.8 Å². The molecule has 0 fully saturated rings. The van der Waals surface area contributed by atoms with Gasteiger partial charge in [0.1, 0.15) is 0 Å². The molecule has 132 valence electrons. The van der Waals surface area contributed by atoms with Crippen molar-refractivity contribution in [3.63, 3.8) is 0 Å². The smallest absolute Gasteiger partial charge is 0.0463 e. The molecule has 0 aliphatic heterocycles. The molecule has 0 radical (unpaired) electrons. The SMILES string of the molecule is CC(C)C(C)CC(C)(CCN(C(C)C)C(C)C)c1ccccn1. The van der Waals surface area contributed by atoms with E-state index in [4.69, 9.17) is 4.98 Å². The summed E-state index contributed by atoms with van der Waals surface area (Å²) in [6, 6.07) is 7.53. The number of aromatic nitrogens is 1. The molecule has 0 spiro atoms. The summed E-state index contributed by atoms with van der Waals surface area (Å²) in [5, 5.41) is 0. The van der Waals surface area contributed by atoms with Crippen LogP contribution in [-0.2, 0) is 5.41 Å². The molecular formula is C21H38N2. The minimum Gasteiger partial charge on any atom is -0.299 e. The van der Waals surface area contributed by atoms with Crippen molar-refractivity contribution in [1.82, 2.24) is 9.88 Å². The summed E-state index contributed by atoms with van der Waals surface area (Å²) >= 11 is 0. The Morgan fingerprint density at radius 2 is 1.61 bits per heavy atom. The highest BCUT2D eigenvalue weighted by Gasteiger charge is 2.32. The highest BCUT2D eigenvalue weighted by molar-refractivity contribution is 5.16. The highest BCUT2D eigenvalue weighted by atomic mass is 15.2. The zero-order chi connectivity index (χ0) is 17.6. The van der Waals surface area contributed by atoms with E-state index in [1.54, 1.807) is 0 Å². The Balaban J connectivity index is 2.96. The second-order valence-corrected chi connectivity index (χ2v) is 8.38. The summed E-state index contributed by atoms with van der Waals surface area (Å²) in [6.07, 6.45) is 4.30. The lowest BCUT2D eigenvalue weighted by atomic mass is 9.73. The maximum atomic E-state index is 4.71. The first-order valence-electron chi connectivity index (χ1n) is 9.34. The molecule has 2 heteroatoms. The van der Waals surface area contributed by atoms with Crippen LogP contribution in [0.3, 0.4) is 0 Å². The van der Waals surface area contributed by atoms with Gasteiger partial charge in [0.25, 0.3) is 0 Å². The summed E-state index contributed by atoms with van der Waals surface area (Å²) in [6.45, 7) is 19.8. The molecule has 0 saturated heterocycles. The molecule has 0 N–H and O–H groups in total. The number of nitrogens with zero attached hydrogens (tertiary/aromatic N) is 2. The number of hydrogen-bond acceptors (Lipinski definition) is 2. The largest absolute Gasteiger partial charge is 0.299 e. The van der Waals surface area contributed by atoms with E-state index < -0.39 is 0 Å². The Labute approximate surface area is 144 Å². The zero-order valence-corrected chi connectivity index (χ0v) is 16.6. The van der Waals surface area contributed by atoms with Gasteiger partial charge >= 0.3 is 0 Å². The molecule has 23 heavy (non-hydrogen) atoms. The fourth-order valence-corrected chi connectivity index (χ4v) is 3.49. The lowest BCUT2D eigenvalue weighted by molar-refractivity contribution is 0.148. The van der Waals surface area contributed by atoms with Crippen LogP contribution < -0.4 is 0 Å². The van der Waals surface area contributed by atoms with Crippen molar-refractivity contribution in [3.8, 4) is 0 Å². The maximum absolute atomic E-state index is 4.71. The molecule has 0 saturated carbocycles. The maximum Gasteiger partial charge on any atom is 0.0463 e. The number of hydrogen-bond donors (Lipinski definition) is 0. The first-order chi connectivity index (χ1) is 10.7. The van der Waals surface area contributed by atoms with Crippen molar-refractivity contribution >= 4 is 0 Å². The van der Waals surface area contributed by atoms with Gasteiger partial charge < -0.3 is 0 Å². The molecular weight excluding hydrogens is 280 g/mol. The topological polar surface area (TPSA) is 16.1 Å². The van der Waals surface area contributed by atoms with Crippen LogP contribution in [0.4, 0.5) is 0 Å². The summed E-state index contributed by atoms with van der Waals surface area (Å²) < 4.78 is 0. The van der Waals surface area contributed by atoms with Gasteiger partial charge in [-0.25, -0.2) is 0 Å². The quantitative estimate of drug-likeness (QED) is 0.595. The van der Waals surface area contributed by atoms with Crippen molar-refractivity contribution in [2.75, 3.05) is 6.54 Å². The van der Waals surface area contributed by atoms with Crippen LogP contribution in [0.25, 0.3) is 0 Å². The van der Waals surface area contributed by atoms with Crippen molar-refractivity contribution < 1.29 is 0 Å². The molecule has 0 aromatic carbocycles. The van der Waals surface area contributed by atoms with Gasteiger partial charge in [0, 0.05) is 29.4 Å². The molecule has 1 aromatic rings. The Kier molecular flexibility index (Phi) is 7.73. The molecule has 2 unspecified atom stereocenters. The zero-order valence-electron chi connectivity index (χ0n) is 16.6. The summed E-state index contributed by atoms with van der Waals surface area (Å²) in [7, 11) is 0. The lowest BCUT2D eigenvalue weighted by Crippen LogP contribution is -2.41. The van der Waals surface area contributed by atoms with Crippen LogP contribution in [0.1, 0.15) is 73.9 Å². The van der Waals surface area contributed by atoms with E-state index in [0.717, 1.165) is 13.0 Å². The third kappa shape index (κ3) is 5.91. The summed E-state index contributed by atoms with van der Waals surface area (Å²) in [5.74, 6) is 1.41. The first kappa shape index (κ1) is 20.2. The Morgan fingerprint density at radius 3 is 2.04 bits per heavy atom. The normalized spacial score (nSPS) is 16.3. The molecule has 0 amide bonds. The van der Waals surface area contributed by atoms with E-state index >= 15 is 0 Å². The average Bonchev–Trinajstić information content (AvgIpc) is 2.47. The molecule has 1 heterocycles. The predicted octanol–water partition coefficient (Wildman–Crippen LogP) is 5.53. The predicted molar refractivity (Wildman–Crippen MR) is 102 cm³/mol. The lowest BCUT2D eigenvalue weighted by Gasteiger charge is -2.37. The molecule has 1 aromatic heterocycles. The van der Waals surface area contributed by atoms with Crippen molar-refractivity contribution in [1.29, 1.82) is 0 Å². The standard InChI is InChI=1S/C21H38N2/c1-16(2)19(7)15-21(8,20-11-9-10-13-22-20)12-14-23(17(3)4)18(5)6/h9-11,13,16-19H,12,14-15H2,1-8H3. The number of rotatable bonds is 9. The van der Waals surface area contributed by atoms with E-state index in [9.17, 15) is 0 Å². The number of pyridine rings is 1. The van der Waals surface area contributed by atoms with E-state index in [1.165, 1.54) is 12.1 Å². The molecule has 0 bridgehead atoms. The van der Waals surface area contributed by atoms with Gasteiger partial charge in [0.2, 0.25) is 0 Å². The van der Waals surface area contributed by atoms with Gasteiger partial charge in [-0.1, -0.05) is 33.8 Å². The summed E-state index contributed by atoms with van der Waals surface area (Å²) in [5.41, 5.74) is 1.40. The van der Waals surface area contributed by atoms with E-state index in [0.29, 0.717) is 23.9 Å². The van der Waals surface area contributed by atoms with Crippen molar-refractivity contribution in [3.05, 3.63) is 30.1 Å². The fraction of sp³-hybridized carbons (Fsp3) is 0.762. The highest BCUT2D eigenvalue weighted by Crippen LogP contribution is 2.36. The van der Waals surface area contributed by atoms with Crippen LogP contribution >= 0.6 is 0 Å². The molecule has 0 aliphatic rings. The van der Waals surface area contributed by atoms with Crippen LogP contribution in [0.15, 0.2) is 24.4 Å². The Morgan fingerprint density at radius 1 is 1.00 bits per heavy atom. The van der Waals surface area contributed by atoms with Crippen LogP contribution in [0, 0.1) is 11.8 Å². The third-order valence-corrected chi connectivity index (χ3v) is 5.44. The van der Waals surface area contributed by atoms with Gasteiger partial charge in [0.15, 0.2) is 0 Å². The molecule has 2 atom stereocenters. The van der Waals surface area contributed by atoms with Crippen LogP contribution in [-0.4, -0.2) is 28.5 Å². The van der Waals surface area contributed by atoms with E-state index in [-0.39, 0.29) is 5.41 Å². The third-order valence-electron chi connectivity index (χ3n) is 5.44. The first-order valence-corrected chi connectivity index (χ1v) is 9.34. The van der Waals surface area contributed by atoms with E-state index in [2.05, 4.69) is 72.4 Å². The van der Waals surface area contributed by atoms with Crippen molar-refractivity contribution in [2.45, 2.75) is 85.7 Å². The van der Waals surface area contributed by atoms with Gasteiger partial charge in [-0.05, 0) is 71.0 Å². The molecule has 1 rings (SSSR count). The van der Waals surface area contributed by atoms with Crippen LogP contribution in [0.5, 0.6) is 0 Å². The minimum absolute atomic E-state index is 0.146. The minimum atomic E-state index is 0.146. The van der Waals surface area contributed by atoms with Gasteiger partial charge in [-0.3, -0.25) is 9.88 Å². The van der Waals surface area contributed by atoms with Gasteiger partial charge in [-0.15, -0.1) is 0 Å². The monoisotopic (exact) mass is 318 g/mol. The average molecular weight is 319 g/mol. The Hall–Kier alpha value is -0.890. The molecule has 0 aliphatic carbocycles. The van der Waals surface area contributed by atoms with E-state index in [1.807, 2.05) is 12.3 Å². The Bertz CT molecular complexity index is 430.